The third kappa shape index (κ3) is 5.47. The van der Waals surface area contributed by atoms with E-state index in [-0.39, 0.29) is 0 Å². The van der Waals surface area contributed by atoms with Crippen molar-refractivity contribution in [3.05, 3.63) is 0 Å². The van der Waals surface area contributed by atoms with Gasteiger partial charge < -0.3 is 4.84 Å². The molecule has 1 aliphatic rings. The molecule has 0 aromatic carbocycles. The smallest absolute Gasteiger partial charge is 0.330 e. The molecule has 0 aromatic rings. The number of hydroxylamine groups is 2. The van der Waals surface area contributed by atoms with Crippen molar-refractivity contribution in [1.29, 1.82) is 0 Å². The summed E-state index contributed by atoms with van der Waals surface area (Å²) in [5, 5.41) is -3.53. The van der Waals surface area contributed by atoms with Crippen LogP contribution in [-0.2, 0) is 29.3 Å². The Kier molecular flexibility index (Phi) is 8.83. The van der Waals surface area contributed by atoms with Crippen LogP contribution in [0.2, 0.25) is 0 Å². The second kappa shape index (κ2) is 9.96. The van der Waals surface area contributed by atoms with E-state index in [0.717, 1.165) is 0 Å². The van der Waals surface area contributed by atoms with Gasteiger partial charge >= 0.3 is 53.6 Å². The Morgan fingerprint density at radius 1 is 0.732 bits per heavy atom. The minimum absolute atomic E-state index is 0.872. The Labute approximate surface area is 213 Å². The minimum atomic E-state index is -8.83. The molecular weight excluding hydrogens is 661 g/mol. The molecule has 0 aliphatic carbocycles. The van der Waals surface area contributed by atoms with Gasteiger partial charge in [0.1, 0.15) is 0 Å². The fraction of sp³-hybridized carbons (Fsp3) is 0.800. The van der Waals surface area contributed by atoms with E-state index in [1.54, 1.807) is 0 Å². The van der Waals surface area contributed by atoms with Gasteiger partial charge in [0, 0.05) is 6.42 Å². The summed E-state index contributed by atoms with van der Waals surface area (Å²) in [5.74, 6) is -64.7. The fourth-order valence-corrected chi connectivity index (χ4v) is 3.37. The van der Waals surface area contributed by atoms with Gasteiger partial charge in [0.15, 0.2) is 5.25 Å². The van der Waals surface area contributed by atoms with Gasteiger partial charge in [-0.25, -0.2) is 4.79 Å². The van der Waals surface area contributed by atoms with E-state index in [2.05, 4.69) is 4.84 Å². The Morgan fingerprint density at radius 3 is 1.44 bits per heavy atom. The molecule has 1 N–H and O–H groups in total. The maximum absolute atomic E-state index is 13.8. The first-order valence-corrected chi connectivity index (χ1v) is 10.9. The van der Waals surface area contributed by atoms with Gasteiger partial charge in [-0.15, -0.1) is 5.06 Å². The number of amides is 2. The maximum Gasteiger partial charge on any atom is 0.460 e. The van der Waals surface area contributed by atoms with Crippen LogP contribution in [0.3, 0.4) is 0 Å². The number of alkyl halides is 17. The Bertz CT molecular complexity index is 1180. The maximum atomic E-state index is 13.8. The second-order valence-electron chi connectivity index (χ2n) is 7.85. The van der Waals surface area contributed by atoms with E-state index in [1.165, 1.54) is 0 Å². The first-order chi connectivity index (χ1) is 17.7. The molecule has 240 valence electrons. The van der Waals surface area contributed by atoms with Crippen LogP contribution in [0.4, 0.5) is 74.6 Å². The highest BCUT2D eigenvalue weighted by atomic mass is 32.2. The molecule has 8 nitrogen and oxygen atoms in total. The van der Waals surface area contributed by atoms with Crippen molar-refractivity contribution in [3.8, 4) is 0 Å². The quantitative estimate of drug-likeness (QED) is 0.199. The van der Waals surface area contributed by atoms with Crippen molar-refractivity contribution < 1.29 is 107 Å². The van der Waals surface area contributed by atoms with E-state index >= 15 is 0 Å². The van der Waals surface area contributed by atoms with Crippen LogP contribution >= 0.6 is 0 Å². The number of imide groups is 1. The average molecular weight is 669 g/mol. The van der Waals surface area contributed by atoms with Crippen LogP contribution in [-0.4, -0.2) is 88.7 Å². The summed E-state index contributed by atoms with van der Waals surface area (Å²) in [5.41, 5.74) is 0. The summed E-state index contributed by atoms with van der Waals surface area (Å²) in [6, 6.07) is 0. The SMILES string of the molecule is O=C(CCC(F)(F)C(F)(F)C(F)(F)C(F)(F)C(F)(F)C(F)(F)C(F)(F)C(F)(F)F)ON1C(=O)CC(S(=O)(=O)O)C1=O. The first kappa shape index (κ1) is 36.4. The largest absolute Gasteiger partial charge is 0.460 e. The lowest BCUT2D eigenvalue weighted by molar-refractivity contribution is -0.461. The highest BCUT2D eigenvalue weighted by molar-refractivity contribution is 7.87. The monoisotopic (exact) mass is 669 g/mol. The van der Waals surface area contributed by atoms with Gasteiger partial charge in [0.05, 0.1) is 12.8 Å². The van der Waals surface area contributed by atoms with Crippen molar-refractivity contribution in [1.82, 2.24) is 5.06 Å². The first-order valence-electron chi connectivity index (χ1n) is 9.42. The van der Waals surface area contributed by atoms with Crippen LogP contribution in [0.15, 0.2) is 0 Å². The van der Waals surface area contributed by atoms with Gasteiger partial charge in [0.2, 0.25) is 0 Å². The third-order valence-corrected chi connectivity index (χ3v) is 6.13. The summed E-state index contributed by atoms with van der Waals surface area (Å²) in [7, 11) is -5.38. The molecule has 1 saturated heterocycles. The molecule has 0 aromatic heterocycles. The molecule has 1 aliphatic heterocycles. The van der Waals surface area contributed by atoms with Gasteiger partial charge in [0.25, 0.3) is 21.9 Å². The topological polar surface area (TPSA) is 118 Å². The fourth-order valence-electron chi connectivity index (χ4n) is 2.67. The van der Waals surface area contributed by atoms with Crippen LogP contribution in [0.5, 0.6) is 0 Å². The zero-order chi connectivity index (χ0) is 33.2. The molecule has 41 heavy (non-hydrogen) atoms. The molecule has 1 atom stereocenters. The minimum Gasteiger partial charge on any atom is -0.330 e. The number of hydrogen-bond donors (Lipinski definition) is 1. The molecule has 1 fully saturated rings. The molecule has 1 unspecified atom stereocenters. The van der Waals surface area contributed by atoms with Crippen molar-refractivity contribution in [2.24, 2.45) is 0 Å². The molecule has 0 radical (unpaired) electrons. The van der Waals surface area contributed by atoms with E-state index in [4.69, 9.17) is 4.55 Å². The molecular formula is C15H8F17NO7S. The summed E-state index contributed by atoms with van der Waals surface area (Å²) < 4.78 is 255. The lowest BCUT2D eigenvalue weighted by atomic mass is 9.88. The molecule has 26 heteroatoms. The van der Waals surface area contributed by atoms with Gasteiger partial charge in [-0.2, -0.15) is 83.1 Å². The highest BCUT2D eigenvalue weighted by Gasteiger charge is 2.95. The van der Waals surface area contributed by atoms with Crippen molar-refractivity contribution in [2.45, 2.75) is 72.1 Å². The zero-order valence-electron chi connectivity index (χ0n) is 18.4. The van der Waals surface area contributed by atoms with E-state index < -0.39 is 105 Å². The third-order valence-electron chi connectivity index (χ3n) is 5.04. The summed E-state index contributed by atoms with van der Waals surface area (Å²) >= 11 is 0. The lowest BCUT2D eigenvalue weighted by Crippen LogP contribution is -2.74. The number of halogens is 17. The molecule has 0 saturated carbocycles. The Balaban J connectivity index is 3.28. The predicted molar refractivity (Wildman–Crippen MR) is 87.8 cm³/mol. The molecule has 2 amide bonds. The van der Waals surface area contributed by atoms with E-state index in [1.807, 2.05) is 0 Å². The van der Waals surface area contributed by atoms with Crippen molar-refractivity contribution in [3.63, 3.8) is 0 Å². The Hall–Kier alpha value is -2.67. The molecule has 0 bridgehead atoms. The van der Waals surface area contributed by atoms with Gasteiger partial charge in [-0.1, -0.05) is 0 Å². The number of carbonyl (C=O) groups excluding carboxylic acids is 3. The number of hydrogen-bond acceptors (Lipinski definition) is 6. The van der Waals surface area contributed by atoms with Crippen LogP contribution in [0.25, 0.3) is 0 Å². The molecule has 1 heterocycles. The van der Waals surface area contributed by atoms with Crippen LogP contribution in [0, 0.1) is 0 Å². The van der Waals surface area contributed by atoms with E-state index in [0.29, 0.717) is 0 Å². The normalized spacial score (nSPS) is 19.2. The van der Waals surface area contributed by atoms with Crippen LogP contribution in [0.1, 0.15) is 19.3 Å². The summed E-state index contributed by atoms with van der Waals surface area (Å²) in [6.45, 7) is 0. The van der Waals surface area contributed by atoms with Gasteiger partial charge in [-0.05, 0) is 0 Å². The van der Waals surface area contributed by atoms with E-state index in [9.17, 15) is 97.4 Å². The Morgan fingerprint density at radius 2 is 1.10 bits per heavy atom. The lowest BCUT2D eigenvalue weighted by Gasteiger charge is -2.42. The predicted octanol–water partition coefficient (Wildman–Crippen LogP) is 4.25. The van der Waals surface area contributed by atoms with Crippen LogP contribution < -0.4 is 0 Å². The second-order valence-corrected chi connectivity index (χ2v) is 9.44. The van der Waals surface area contributed by atoms with Crippen molar-refractivity contribution >= 4 is 27.9 Å². The zero-order valence-corrected chi connectivity index (χ0v) is 19.2. The number of carbonyl (C=O) groups is 3. The average Bonchev–Trinajstić information content (AvgIpc) is 3.04. The summed E-state index contributed by atoms with van der Waals surface area (Å²) in [4.78, 5) is 38.2. The van der Waals surface area contributed by atoms with Gasteiger partial charge in [-0.3, -0.25) is 14.1 Å². The van der Waals surface area contributed by atoms with Crippen molar-refractivity contribution in [2.75, 3.05) is 0 Å². The molecule has 1 rings (SSSR count). The molecule has 0 spiro atoms. The number of rotatable bonds is 11. The standard InChI is InChI=1S/C15H8F17NO7S/c16-8(17,2-1-6(35)40-33-5(34)3-4(7(33)36)41(37,38)39)9(18,19)10(20,21)11(22,23)12(24,25)13(26,27)14(28,29)15(30,31)32/h4H,1-3H2,(H,37,38,39). The number of nitrogens with zero attached hydrogens (tertiary/aromatic N) is 1. The summed E-state index contributed by atoms with van der Waals surface area (Å²) in [6.07, 6.45) is -15.1. The highest BCUT2D eigenvalue weighted by Crippen LogP contribution is 2.64.